The predicted octanol–water partition coefficient (Wildman–Crippen LogP) is 4.22. The van der Waals surface area contributed by atoms with Gasteiger partial charge in [-0.25, -0.2) is 9.97 Å². The van der Waals surface area contributed by atoms with Crippen LogP contribution < -0.4 is 5.32 Å². The molecule has 4 aromatic rings. The highest BCUT2D eigenvalue weighted by atomic mass is 16.3. The van der Waals surface area contributed by atoms with Crippen LogP contribution in [0.3, 0.4) is 0 Å². The Labute approximate surface area is 181 Å². The summed E-state index contributed by atoms with van der Waals surface area (Å²) in [4.78, 5) is 25.0. The molecule has 0 fully saturated rings. The number of aliphatic hydroxyl groups is 1. The molecular formula is C25H24N4O2. The van der Waals surface area contributed by atoms with Gasteiger partial charge >= 0.3 is 0 Å². The molecule has 0 unspecified atom stereocenters. The molecule has 1 atom stereocenters. The van der Waals surface area contributed by atoms with E-state index >= 15 is 0 Å². The standard InChI is InChI=1S/C25H24N4O2/c1-16-8-10-19(11-9-16)24-27-13-17(2)23(29-24)20-12-21(26-14-20)25(31)28-22(15-30)18-6-4-3-5-7-18/h3-14,22,26,30H,15H2,1-2H3,(H,28,31)/t22-/m1/s1. The highest BCUT2D eigenvalue weighted by Gasteiger charge is 2.17. The van der Waals surface area contributed by atoms with E-state index in [0.717, 1.165) is 27.9 Å². The van der Waals surface area contributed by atoms with E-state index in [1.807, 2.05) is 68.4 Å². The molecule has 2 aromatic carbocycles. The van der Waals surface area contributed by atoms with Gasteiger partial charge in [-0.1, -0.05) is 60.2 Å². The van der Waals surface area contributed by atoms with E-state index in [4.69, 9.17) is 4.98 Å². The van der Waals surface area contributed by atoms with Crippen LogP contribution in [0.2, 0.25) is 0 Å². The van der Waals surface area contributed by atoms with Crippen molar-refractivity contribution >= 4 is 5.91 Å². The van der Waals surface area contributed by atoms with Crippen molar-refractivity contribution in [3.63, 3.8) is 0 Å². The third kappa shape index (κ3) is 4.54. The number of nitrogens with one attached hydrogen (secondary N) is 2. The highest BCUT2D eigenvalue weighted by Crippen LogP contribution is 2.25. The number of benzene rings is 2. The third-order valence-electron chi connectivity index (χ3n) is 5.17. The summed E-state index contributed by atoms with van der Waals surface area (Å²) >= 11 is 0. The lowest BCUT2D eigenvalue weighted by Gasteiger charge is -2.16. The number of carbonyl (C=O) groups excluding carboxylic acids is 1. The number of hydrogen-bond acceptors (Lipinski definition) is 4. The average molecular weight is 412 g/mol. The monoisotopic (exact) mass is 412 g/mol. The SMILES string of the molecule is Cc1ccc(-c2ncc(C)c(-c3c[nH]c(C(=O)N[C@H](CO)c4ccccc4)c3)n2)cc1. The number of H-pyrrole nitrogens is 1. The molecule has 0 aliphatic heterocycles. The molecule has 31 heavy (non-hydrogen) atoms. The van der Waals surface area contributed by atoms with E-state index in [9.17, 15) is 9.90 Å². The van der Waals surface area contributed by atoms with Gasteiger partial charge in [0.05, 0.1) is 18.3 Å². The van der Waals surface area contributed by atoms with Crippen LogP contribution in [0, 0.1) is 13.8 Å². The second-order valence-electron chi connectivity index (χ2n) is 7.51. The average Bonchev–Trinajstić information content (AvgIpc) is 3.29. The number of aromatic amines is 1. The van der Waals surface area contributed by atoms with Gasteiger partial charge in [0, 0.05) is 23.5 Å². The Morgan fingerprint density at radius 1 is 1.06 bits per heavy atom. The van der Waals surface area contributed by atoms with Crippen LogP contribution in [-0.4, -0.2) is 32.6 Å². The molecule has 1 amide bonds. The molecule has 156 valence electrons. The van der Waals surface area contributed by atoms with Crippen LogP contribution in [0.1, 0.15) is 33.2 Å². The van der Waals surface area contributed by atoms with E-state index < -0.39 is 6.04 Å². The molecular weight excluding hydrogens is 388 g/mol. The van der Waals surface area contributed by atoms with Gasteiger partial charge < -0.3 is 15.4 Å². The summed E-state index contributed by atoms with van der Waals surface area (Å²) in [7, 11) is 0. The molecule has 0 saturated heterocycles. The Morgan fingerprint density at radius 2 is 1.81 bits per heavy atom. The Balaban J connectivity index is 1.57. The molecule has 2 heterocycles. The van der Waals surface area contributed by atoms with Crippen LogP contribution >= 0.6 is 0 Å². The summed E-state index contributed by atoms with van der Waals surface area (Å²) < 4.78 is 0. The van der Waals surface area contributed by atoms with Crippen molar-refractivity contribution in [1.82, 2.24) is 20.3 Å². The number of aliphatic hydroxyl groups excluding tert-OH is 1. The van der Waals surface area contributed by atoms with Crippen molar-refractivity contribution in [2.24, 2.45) is 0 Å². The van der Waals surface area contributed by atoms with Crippen molar-refractivity contribution < 1.29 is 9.90 Å². The van der Waals surface area contributed by atoms with Crippen molar-refractivity contribution in [1.29, 1.82) is 0 Å². The van der Waals surface area contributed by atoms with Crippen molar-refractivity contribution in [2.75, 3.05) is 6.61 Å². The first-order valence-corrected chi connectivity index (χ1v) is 10.1. The zero-order chi connectivity index (χ0) is 21.8. The number of amides is 1. The number of aromatic nitrogens is 3. The van der Waals surface area contributed by atoms with Gasteiger partial charge in [-0.15, -0.1) is 0 Å². The predicted molar refractivity (Wildman–Crippen MR) is 120 cm³/mol. The van der Waals surface area contributed by atoms with Crippen LogP contribution in [0.25, 0.3) is 22.6 Å². The first kappa shape index (κ1) is 20.5. The number of carbonyl (C=O) groups is 1. The smallest absolute Gasteiger partial charge is 0.268 e. The largest absolute Gasteiger partial charge is 0.394 e. The topological polar surface area (TPSA) is 90.9 Å². The summed E-state index contributed by atoms with van der Waals surface area (Å²) in [5.74, 6) is 0.344. The maximum absolute atomic E-state index is 12.8. The molecule has 0 radical (unpaired) electrons. The molecule has 6 heteroatoms. The first-order chi connectivity index (χ1) is 15.0. The first-order valence-electron chi connectivity index (χ1n) is 10.1. The van der Waals surface area contributed by atoms with Crippen molar-refractivity contribution in [2.45, 2.75) is 19.9 Å². The van der Waals surface area contributed by atoms with Crippen LogP contribution in [0.4, 0.5) is 0 Å². The summed E-state index contributed by atoms with van der Waals surface area (Å²) in [6.45, 7) is 3.79. The number of aryl methyl sites for hydroxylation is 2. The normalized spacial score (nSPS) is 11.8. The van der Waals surface area contributed by atoms with Gasteiger partial charge in [-0.3, -0.25) is 4.79 Å². The maximum atomic E-state index is 12.8. The third-order valence-corrected chi connectivity index (χ3v) is 5.17. The minimum Gasteiger partial charge on any atom is -0.394 e. The van der Waals surface area contributed by atoms with E-state index in [0.29, 0.717) is 11.5 Å². The molecule has 0 spiro atoms. The summed E-state index contributed by atoms with van der Waals surface area (Å²) in [5.41, 5.74) is 5.85. The second-order valence-corrected chi connectivity index (χ2v) is 7.51. The highest BCUT2D eigenvalue weighted by molar-refractivity contribution is 5.94. The molecule has 4 rings (SSSR count). The van der Waals surface area contributed by atoms with E-state index in [1.54, 1.807) is 18.5 Å². The molecule has 0 aliphatic rings. The lowest BCUT2D eigenvalue weighted by Crippen LogP contribution is -2.30. The van der Waals surface area contributed by atoms with Crippen LogP contribution in [0.15, 0.2) is 73.1 Å². The summed E-state index contributed by atoms with van der Waals surface area (Å²) in [6.07, 6.45) is 3.56. The van der Waals surface area contributed by atoms with Crippen molar-refractivity contribution in [3.05, 3.63) is 95.4 Å². The van der Waals surface area contributed by atoms with Gasteiger partial charge in [-0.05, 0) is 31.0 Å². The zero-order valence-corrected chi connectivity index (χ0v) is 17.5. The molecule has 0 bridgehead atoms. The van der Waals surface area contributed by atoms with Gasteiger partial charge in [0.2, 0.25) is 0 Å². The fraction of sp³-hybridized carbons (Fsp3) is 0.160. The Morgan fingerprint density at radius 3 is 2.52 bits per heavy atom. The Hall–Kier alpha value is -3.77. The molecule has 0 aliphatic carbocycles. The molecule has 2 aromatic heterocycles. The summed E-state index contributed by atoms with van der Waals surface area (Å²) in [6, 6.07) is 18.7. The van der Waals surface area contributed by atoms with Gasteiger partial charge in [0.1, 0.15) is 5.69 Å². The number of hydrogen-bond donors (Lipinski definition) is 3. The lowest BCUT2D eigenvalue weighted by atomic mass is 10.1. The second kappa shape index (κ2) is 8.93. The van der Waals surface area contributed by atoms with E-state index in [1.165, 1.54) is 5.56 Å². The number of nitrogens with zero attached hydrogens (tertiary/aromatic N) is 2. The Kier molecular flexibility index (Phi) is 5.91. The van der Waals surface area contributed by atoms with Crippen LogP contribution in [-0.2, 0) is 0 Å². The Bertz CT molecular complexity index is 1180. The van der Waals surface area contributed by atoms with E-state index in [2.05, 4.69) is 15.3 Å². The molecule has 6 nitrogen and oxygen atoms in total. The van der Waals surface area contributed by atoms with Crippen LogP contribution in [0.5, 0.6) is 0 Å². The van der Waals surface area contributed by atoms with Gasteiger partial charge in [-0.2, -0.15) is 0 Å². The van der Waals surface area contributed by atoms with Crippen molar-refractivity contribution in [3.8, 4) is 22.6 Å². The number of rotatable bonds is 6. The van der Waals surface area contributed by atoms with Gasteiger partial charge in [0.25, 0.3) is 5.91 Å². The lowest BCUT2D eigenvalue weighted by molar-refractivity contribution is 0.0912. The fourth-order valence-corrected chi connectivity index (χ4v) is 3.39. The fourth-order valence-electron chi connectivity index (χ4n) is 3.39. The minimum absolute atomic E-state index is 0.186. The molecule has 3 N–H and O–H groups in total. The minimum atomic E-state index is -0.477. The summed E-state index contributed by atoms with van der Waals surface area (Å²) in [5, 5.41) is 12.6. The molecule has 0 saturated carbocycles. The maximum Gasteiger partial charge on any atom is 0.268 e. The van der Waals surface area contributed by atoms with E-state index in [-0.39, 0.29) is 12.5 Å². The quantitative estimate of drug-likeness (QED) is 0.442. The zero-order valence-electron chi connectivity index (χ0n) is 17.5. The van der Waals surface area contributed by atoms with Gasteiger partial charge in [0.15, 0.2) is 5.82 Å².